The number of fused-ring (bicyclic) bond motifs is 1. The van der Waals surface area contributed by atoms with Gasteiger partial charge in [0.05, 0.1) is 0 Å². The molecule has 1 aromatic rings. The Balaban J connectivity index is 2.37. The second kappa shape index (κ2) is 3.86. The molecule has 0 radical (unpaired) electrons. The van der Waals surface area contributed by atoms with E-state index in [-0.39, 0.29) is 0 Å². The first-order chi connectivity index (χ1) is 6.31. The Labute approximate surface area is 85.4 Å². The smallest absolute Gasteiger partial charge is 0.107 e. The van der Waals surface area contributed by atoms with Crippen molar-refractivity contribution >= 4 is 18.6 Å². The minimum absolute atomic E-state index is 0.561. The van der Waals surface area contributed by atoms with E-state index in [0.717, 1.165) is 5.92 Å². The van der Waals surface area contributed by atoms with Gasteiger partial charge in [-0.25, -0.2) is 0 Å². The third-order valence-electron chi connectivity index (χ3n) is 3.24. The Kier molecular flexibility index (Phi) is 2.77. The molecule has 0 fully saturated rings. The highest BCUT2D eigenvalue weighted by atomic mass is 27.2. The summed E-state index contributed by atoms with van der Waals surface area (Å²) in [6.45, 7) is 4.78. The number of hydrogen-bond donors (Lipinski definition) is 0. The van der Waals surface area contributed by atoms with E-state index in [1.165, 1.54) is 17.0 Å². The Bertz CT molecular complexity index is 293. The molecule has 2 rings (SSSR count). The average Bonchev–Trinajstić information content (AvgIpc) is 2.16. The summed E-state index contributed by atoms with van der Waals surface area (Å²) in [5.41, 5.74) is 1.65. The summed E-state index contributed by atoms with van der Waals surface area (Å²) < 4.78 is 1.75. The molecular formula is C12H17Al. The zero-order valence-corrected chi connectivity index (χ0v) is 9.74. The highest BCUT2D eigenvalue weighted by molar-refractivity contribution is 6.73. The van der Waals surface area contributed by atoms with Crippen LogP contribution in [-0.4, -0.2) is 14.1 Å². The molecule has 1 atom stereocenters. The van der Waals surface area contributed by atoms with Crippen molar-refractivity contribution in [3.05, 3.63) is 29.8 Å². The molecular weight excluding hydrogens is 171 g/mol. The van der Waals surface area contributed by atoms with Gasteiger partial charge in [0.25, 0.3) is 0 Å². The maximum absolute atomic E-state index is 2.41. The first kappa shape index (κ1) is 9.31. The largest absolute Gasteiger partial charge is 0.306 e. The zero-order chi connectivity index (χ0) is 9.26. The van der Waals surface area contributed by atoms with Crippen LogP contribution < -0.4 is 4.43 Å². The second-order valence-electron chi connectivity index (χ2n) is 4.35. The Morgan fingerprint density at radius 1 is 1.38 bits per heavy atom. The topological polar surface area (TPSA) is 0 Å². The standard InChI is InChI=1S/C10H12.C2H5.Al/c1-9(2)8-10-6-4-3-5-7-10;1-2;/h3-6,9H,1,8H2,2H3;1H2,2H3;. The number of hydrogen-bond acceptors (Lipinski definition) is 0. The van der Waals surface area contributed by atoms with Crippen molar-refractivity contribution in [1.29, 1.82) is 0 Å². The Morgan fingerprint density at radius 3 is 2.92 bits per heavy atom. The maximum Gasteiger partial charge on any atom is 0.306 e. The third-order valence-corrected chi connectivity index (χ3v) is 7.05. The van der Waals surface area contributed by atoms with Crippen LogP contribution in [0, 0.1) is 5.92 Å². The SMILES string of the molecule is C[CH2][Al]1[CH2]C(C)Cc2cccc[c]21. The van der Waals surface area contributed by atoms with Crippen LogP contribution in [0.25, 0.3) is 0 Å². The van der Waals surface area contributed by atoms with Crippen LogP contribution in [-0.2, 0) is 6.42 Å². The summed E-state index contributed by atoms with van der Waals surface area (Å²) >= 11 is -0.561. The molecule has 1 aromatic carbocycles. The van der Waals surface area contributed by atoms with Gasteiger partial charge >= 0.3 is 14.1 Å². The van der Waals surface area contributed by atoms with E-state index in [9.17, 15) is 0 Å². The summed E-state index contributed by atoms with van der Waals surface area (Å²) in [7, 11) is 0. The maximum atomic E-state index is 2.41. The van der Waals surface area contributed by atoms with E-state index in [1.54, 1.807) is 9.99 Å². The molecule has 0 saturated heterocycles. The van der Waals surface area contributed by atoms with Gasteiger partial charge in [-0.3, -0.25) is 0 Å². The number of rotatable bonds is 1. The van der Waals surface area contributed by atoms with Gasteiger partial charge in [-0.05, 0) is 6.42 Å². The van der Waals surface area contributed by atoms with E-state index in [0.29, 0.717) is 0 Å². The van der Waals surface area contributed by atoms with Crippen molar-refractivity contribution in [2.75, 3.05) is 0 Å². The van der Waals surface area contributed by atoms with E-state index >= 15 is 0 Å². The summed E-state index contributed by atoms with van der Waals surface area (Å²) in [6.07, 6.45) is 1.32. The van der Waals surface area contributed by atoms with Gasteiger partial charge in [-0.2, -0.15) is 0 Å². The Morgan fingerprint density at radius 2 is 2.15 bits per heavy atom. The zero-order valence-electron chi connectivity index (χ0n) is 8.59. The first-order valence-corrected chi connectivity index (χ1v) is 7.60. The van der Waals surface area contributed by atoms with Gasteiger partial charge in [0.1, 0.15) is 0 Å². The lowest BCUT2D eigenvalue weighted by Crippen LogP contribution is -2.38. The van der Waals surface area contributed by atoms with Gasteiger partial charge in [-0.1, -0.05) is 60.2 Å². The fourth-order valence-electron chi connectivity index (χ4n) is 2.58. The third kappa shape index (κ3) is 1.82. The van der Waals surface area contributed by atoms with Crippen LogP contribution >= 0.6 is 0 Å². The van der Waals surface area contributed by atoms with E-state index in [2.05, 4.69) is 38.1 Å². The van der Waals surface area contributed by atoms with E-state index < -0.39 is 14.1 Å². The van der Waals surface area contributed by atoms with Crippen LogP contribution in [0.4, 0.5) is 0 Å². The second-order valence-corrected chi connectivity index (χ2v) is 7.65. The molecule has 0 saturated carbocycles. The normalized spacial score (nSPS) is 21.4. The van der Waals surface area contributed by atoms with Crippen molar-refractivity contribution in [1.82, 2.24) is 0 Å². The summed E-state index contributed by atoms with van der Waals surface area (Å²) in [6, 6.07) is 9.12. The highest BCUT2D eigenvalue weighted by Gasteiger charge is 2.27. The summed E-state index contributed by atoms with van der Waals surface area (Å²) in [4.78, 5) is 0. The summed E-state index contributed by atoms with van der Waals surface area (Å²) in [5, 5.41) is 2.95. The quantitative estimate of drug-likeness (QED) is 0.594. The average molecular weight is 188 g/mol. The Hall–Kier alpha value is -0.248. The molecule has 1 heteroatoms. The van der Waals surface area contributed by atoms with Crippen molar-refractivity contribution in [3.8, 4) is 0 Å². The lowest BCUT2D eigenvalue weighted by atomic mass is 10.0. The van der Waals surface area contributed by atoms with Crippen molar-refractivity contribution < 1.29 is 0 Å². The monoisotopic (exact) mass is 188 g/mol. The fourth-order valence-corrected chi connectivity index (χ4v) is 5.86. The van der Waals surface area contributed by atoms with Gasteiger partial charge in [0, 0.05) is 0 Å². The molecule has 68 valence electrons. The molecule has 0 nitrogen and oxygen atoms in total. The van der Waals surface area contributed by atoms with Crippen molar-refractivity contribution in [3.63, 3.8) is 0 Å². The van der Waals surface area contributed by atoms with E-state index in [4.69, 9.17) is 0 Å². The predicted octanol–water partition coefficient (Wildman–Crippen LogP) is 2.60. The minimum Gasteiger partial charge on any atom is -0.107 e. The fraction of sp³-hybridized carbons (Fsp3) is 0.500. The van der Waals surface area contributed by atoms with Gasteiger partial charge < -0.3 is 0 Å². The molecule has 1 heterocycles. The van der Waals surface area contributed by atoms with Crippen molar-refractivity contribution in [2.24, 2.45) is 5.92 Å². The molecule has 0 spiro atoms. The van der Waals surface area contributed by atoms with Crippen LogP contribution in [0.1, 0.15) is 19.4 Å². The molecule has 1 aliphatic heterocycles. The van der Waals surface area contributed by atoms with Crippen LogP contribution in [0.5, 0.6) is 0 Å². The van der Waals surface area contributed by atoms with Crippen LogP contribution in [0.15, 0.2) is 24.3 Å². The lowest BCUT2D eigenvalue weighted by Gasteiger charge is -2.25. The lowest BCUT2D eigenvalue weighted by molar-refractivity contribution is 0.632. The molecule has 0 amide bonds. The highest BCUT2D eigenvalue weighted by Crippen LogP contribution is 2.21. The molecule has 0 N–H and O–H groups in total. The van der Waals surface area contributed by atoms with Crippen LogP contribution in [0.2, 0.25) is 10.6 Å². The van der Waals surface area contributed by atoms with Crippen molar-refractivity contribution in [2.45, 2.75) is 30.8 Å². The van der Waals surface area contributed by atoms with E-state index in [1.807, 2.05) is 0 Å². The molecule has 0 aromatic heterocycles. The first-order valence-electron chi connectivity index (χ1n) is 5.39. The molecule has 1 unspecified atom stereocenters. The summed E-state index contributed by atoms with van der Waals surface area (Å²) in [5.74, 6) is 0.937. The minimum atomic E-state index is -0.561. The number of benzene rings is 1. The predicted molar refractivity (Wildman–Crippen MR) is 60.0 cm³/mol. The molecule has 0 bridgehead atoms. The molecule has 13 heavy (non-hydrogen) atoms. The van der Waals surface area contributed by atoms with Gasteiger partial charge in [0.15, 0.2) is 0 Å². The molecule has 1 aliphatic rings. The molecule has 0 aliphatic carbocycles. The van der Waals surface area contributed by atoms with Gasteiger partial charge in [0.2, 0.25) is 0 Å². The van der Waals surface area contributed by atoms with Crippen LogP contribution in [0.3, 0.4) is 0 Å². The van der Waals surface area contributed by atoms with Gasteiger partial charge in [-0.15, -0.1) is 4.43 Å².